The van der Waals surface area contributed by atoms with E-state index in [0.29, 0.717) is 12.6 Å². The Morgan fingerprint density at radius 3 is 2.79 bits per heavy atom. The number of nitrogens with one attached hydrogen (secondary N) is 3. The molecule has 0 heterocycles. The molecule has 0 aliphatic heterocycles. The van der Waals surface area contributed by atoms with Crippen molar-refractivity contribution in [3.8, 4) is 0 Å². The van der Waals surface area contributed by atoms with Crippen molar-refractivity contribution in [3.05, 3.63) is 29.8 Å². The summed E-state index contributed by atoms with van der Waals surface area (Å²) >= 11 is 1.95. The summed E-state index contributed by atoms with van der Waals surface area (Å²) in [6.07, 6.45) is 5.85. The summed E-state index contributed by atoms with van der Waals surface area (Å²) in [6, 6.07) is 8.34. The Morgan fingerprint density at radius 1 is 1.38 bits per heavy atom. The second-order valence-corrected chi connectivity index (χ2v) is 6.96. The van der Waals surface area contributed by atoms with Crippen LogP contribution >= 0.6 is 35.7 Å². The highest BCUT2D eigenvalue weighted by atomic mass is 127. The van der Waals surface area contributed by atoms with E-state index in [1.165, 1.54) is 26.2 Å². The number of halogens is 1. The first-order chi connectivity index (χ1) is 11.1. The molecule has 1 aliphatic carbocycles. The summed E-state index contributed by atoms with van der Waals surface area (Å²) in [5.74, 6) is 0.777. The molecule has 7 heteroatoms. The van der Waals surface area contributed by atoms with E-state index >= 15 is 0 Å². The van der Waals surface area contributed by atoms with Gasteiger partial charge < -0.3 is 16.0 Å². The first-order valence-electron chi connectivity index (χ1n) is 7.97. The van der Waals surface area contributed by atoms with Crippen LogP contribution in [0.3, 0.4) is 0 Å². The highest BCUT2D eigenvalue weighted by Crippen LogP contribution is 2.28. The van der Waals surface area contributed by atoms with E-state index in [1.807, 2.05) is 36.0 Å². The summed E-state index contributed by atoms with van der Waals surface area (Å²) in [4.78, 5) is 15.4. The van der Waals surface area contributed by atoms with Crippen molar-refractivity contribution in [3.63, 3.8) is 0 Å². The Kier molecular flexibility index (Phi) is 9.50. The van der Waals surface area contributed by atoms with E-state index in [0.717, 1.165) is 22.5 Å². The van der Waals surface area contributed by atoms with Crippen molar-refractivity contribution < 1.29 is 4.79 Å². The zero-order valence-electron chi connectivity index (χ0n) is 14.5. The molecule has 1 fully saturated rings. The standard InChI is InChI=1S/C17H26N4OS.HI/c1-12(22)20-14-6-4-5-13(9-14)11-19-17(18-2)21-15-7-8-16(10-15)23-3;/h4-6,9,15-16H,7-8,10-11H2,1-3H3,(H,20,22)(H2,18,19,21);1H. The van der Waals surface area contributed by atoms with Gasteiger partial charge in [-0.2, -0.15) is 11.8 Å². The maximum absolute atomic E-state index is 11.1. The Labute approximate surface area is 165 Å². The molecule has 5 nitrogen and oxygen atoms in total. The Bertz CT molecular complexity index is 567. The monoisotopic (exact) mass is 462 g/mol. The van der Waals surface area contributed by atoms with Crippen LogP contribution in [0.15, 0.2) is 29.3 Å². The van der Waals surface area contributed by atoms with Gasteiger partial charge in [-0.1, -0.05) is 12.1 Å². The van der Waals surface area contributed by atoms with Gasteiger partial charge in [-0.15, -0.1) is 24.0 Å². The molecule has 0 bridgehead atoms. The summed E-state index contributed by atoms with van der Waals surface area (Å²) in [7, 11) is 1.80. The fourth-order valence-corrected chi connectivity index (χ4v) is 3.62. The molecular weight excluding hydrogens is 435 g/mol. The summed E-state index contributed by atoms with van der Waals surface area (Å²) < 4.78 is 0. The van der Waals surface area contributed by atoms with Crippen molar-refractivity contribution in [2.24, 2.45) is 4.99 Å². The third-order valence-electron chi connectivity index (χ3n) is 3.99. The first-order valence-corrected chi connectivity index (χ1v) is 9.26. The minimum Gasteiger partial charge on any atom is -0.354 e. The molecule has 3 N–H and O–H groups in total. The molecule has 0 spiro atoms. The van der Waals surface area contributed by atoms with Gasteiger partial charge in [0, 0.05) is 37.5 Å². The number of hydrogen-bond acceptors (Lipinski definition) is 3. The highest BCUT2D eigenvalue weighted by Gasteiger charge is 2.24. The molecular formula is C17H27IN4OS. The van der Waals surface area contributed by atoms with E-state index in [2.05, 4.69) is 27.2 Å². The number of guanidine groups is 1. The van der Waals surface area contributed by atoms with Crippen LogP contribution in [-0.2, 0) is 11.3 Å². The molecule has 0 aromatic heterocycles. The Balaban J connectivity index is 0.00000288. The fourth-order valence-electron chi connectivity index (χ4n) is 2.82. The van der Waals surface area contributed by atoms with Crippen LogP contribution in [0, 0.1) is 0 Å². The van der Waals surface area contributed by atoms with Crippen LogP contribution in [0.5, 0.6) is 0 Å². The molecule has 1 amide bonds. The third-order valence-corrected chi connectivity index (χ3v) is 5.08. The number of anilines is 1. The molecule has 1 aromatic carbocycles. The smallest absolute Gasteiger partial charge is 0.221 e. The normalized spacial score (nSPS) is 20.2. The van der Waals surface area contributed by atoms with Gasteiger partial charge in [-0.25, -0.2) is 0 Å². The average Bonchev–Trinajstić information content (AvgIpc) is 2.99. The van der Waals surface area contributed by atoms with Crippen molar-refractivity contribution >= 4 is 53.3 Å². The summed E-state index contributed by atoms with van der Waals surface area (Å²) in [6.45, 7) is 2.19. The van der Waals surface area contributed by atoms with E-state index < -0.39 is 0 Å². The number of rotatable bonds is 5. The van der Waals surface area contributed by atoms with E-state index in [1.54, 1.807) is 7.05 Å². The highest BCUT2D eigenvalue weighted by molar-refractivity contribution is 14.0. The maximum atomic E-state index is 11.1. The van der Waals surface area contributed by atoms with Gasteiger partial charge in [0.1, 0.15) is 0 Å². The van der Waals surface area contributed by atoms with Gasteiger partial charge in [0.2, 0.25) is 5.91 Å². The number of benzene rings is 1. The second kappa shape index (κ2) is 10.8. The molecule has 2 atom stereocenters. The van der Waals surface area contributed by atoms with Gasteiger partial charge in [-0.05, 0) is 43.2 Å². The van der Waals surface area contributed by atoms with Crippen molar-refractivity contribution in [2.75, 3.05) is 18.6 Å². The van der Waals surface area contributed by atoms with Crippen molar-refractivity contribution in [1.82, 2.24) is 10.6 Å². The lowest BCUT2D eigenvalue weighted by atomic mass is 10.2. The number of carbonyl (C=O) groups is 1. The molecule has 24 heavy (non-hydrogen) atoms. The third kappa shape index (κ3) is 6.88. The van der Waals surface area contributed by atoms with Gasteiger partial charge in [0.05, 0.1) is 0 Å². The first kappa shape index (κ1) is 21.1. The van der Waals surface area contributed by atoms with Crippen LogP contribution in [0.4, 0.5) is 5.69 Å². The van der Waals surface area contributed by atoms with E-state index in [9.17, 15) is 4.79 Å². The molecule has 1 aromatic rings. The van der Waals surface area contributed by atoms with Crippen molar-refractivity contribution in [1.29, 1.82) is 0 Å². The molecule has 0 radical (unpaired) electrons. The minimum atomic E-state index is -0.0582. The quantitative estimate of drug-likeness (QED) is 0.357. The molecule has 2 rings (SSSR count). The minimum absolute atomic E-state index is 0. The SMILES string of the molecule is CN=C(NCc1cccc(NC(C)=O)c1)NC1CCC(SC)C1.I. The predicted molar refractivity (Wildman–Crippen MR) is 114 cm³/mol. The molecule has 1 aliphatic rings. The zero-order chi connectivity index (χ0) is 16.7. The molecule has 1 saturated carbocycles. The summed E-state index contributed by atoms with van der Waals surface area (Å²) in [5, 5.41) is 10.4. The number of hydrogen-bond donors (Lipinski definition) is 3. The van der Waals surface area contributed by atoms with Gasteiger partial charge in [0.25, 0.3) is 0 Å². The van der Waals surface area contributed by atoms with Gasteiger partial charge >= 0.3 is 0 Å². The zero-order valence-corrected chi connectivity index (χ0v) is 17.6. The molecule has 2 unspecified atom stereocenters. The van der Waals surface area contributed by atoms with Crippen LogP contribution < -0.4 is 16.0 Å². The lowest BCUT2D eigenvalue weighted by Crippen LogP contribution is -2.42. The Hall–Kier alpha value is -0.960. The van der Waals surface area contributed by atoms with Gasteiger partial charge in [-0.3, -0.25) is 9.79 Å². The molecule has 0 saturated heterocycles. The molecule has 134 valence electrons. The number of amides is 1. The fraction of sp³-hybridized carbons (Fsp3) is 0.529. The topological polar surface area (TPSA) is 65.5 Å². The van der Waals surface area contributed by atoms with E-state index in [-0.39, 0.29) is 29.9 Å². The van der Waals surface area contributed by atoms with Crippen LogP contribution in [0.2, 0.25) is 0 Å². The Morgan fingerprint density at radius 2 is 2.17 bits per heavy atom. The average molecular weight is 462 g/mol. The van der Waals surface area contributed by atoms with Gasteiger partial charge in [0.15, 0.2) is 5.96 Å². The van der Waals surface area contributed by atoms with Crippen molar-refractivity contribution in [2.45, 2.75) is 44.0 Å². The lowest BCUT2D eigenvalue weighted by molar-refractivity contribution is -0.114. The maximum Gasteiger partial charge on any atom is 0.221 e. The lowest BCUT2D eigenvalue weighted by Gasteiger charge is -2.17. The van der Waals surface area contributed by atoms with E-state index in [4.69, 9.17) is 0 Å². The number of nitrogens with zero attached hydrogens (tertiary/aromatic N) is 1. The number of carbonyl (C=O) groups excluding carboxylic acids is 1. The van der Waals surface area contributed by atoms with Crippen LogP contribution in [0.1, 0.15) is 31.7 Å². The largest absolute Gasteiger partial charge is 0.354 e. The van der Waals surface area contributed by atoms with Crippen LogP contribution in [-0.4, -0.2) is 36.5 Å². The second-order valence-electron chi connectivity index (χ2n) is 5.82. The number of aliphatic imine (C=N–C) groups is 1. The number of thioether (sulfide) groups is 1. The summed E-state index contributed by atoms with van der Waals surface area (Å²) in [5.41, 5.74) is 1.92. The van der Waals surface area contributed by atoms with Crippen LogP contribution in [0.25, 0.3) is 0 Å². The predicted octanol–water partition coefficient (Wildman–Crippen LogP) is 3.21.